The summed E-state index contributed by atoms with van der Waals surface area (Å²) >= 11 is 0. The van der Waals surface area contributed by atoms with Crippen LogP contribution < -0.4 is 0 Å². The normalized spacial score (nSPS) is 8.78. The maximum Gasteiger partial charge on any atom is -0.00297 e. The van der Waals surface area contributed by atoms with Crippen molar-refractivity contribution in [2.45, 2.75) is 94.9 Å². The maximum absolute atomic E-state index is 4.60. The third kappa shape index (κ3) is 57.7. The largest absolute Gasteiger partial charge is 0.120 e. The maximum atomic E-state index is 4.60. The molecule has 0 amide bonds. The Bertz CT molecular complexity index is 138. The van der Waals surface area contributed by atoms with Crippen molar-refractivity contribution in [3.63, 3.8) is 0 Å². The van der Waals surface area contributed by atoms with Crippen LogP contribution in [-0.2, 0) is 0 Å². The van der Waals surface area contributed by atoms with E-state index in [-0.39, 0.29) is 0 Å². The Morgan fingerprint density at radius 2 is 1.28 bits per heavy atom. The minimum absolute atomic E-state index is 0.550. The minimum atomic E-state index is 0.550. The van der Waals surface area contributed by atoms with Crippen LogP contribution in [0.15, 0.2) is 0 Å². The van der Waals surface area contributed by atoms with E-state index < -0.39 is 0 Å². The molecule has 0 saturated carbocycles. The minimum Gasteiger partial charge on any atom is -0.120 e. The molecule has 0 aliphatic rings. The van der Waals surface area contributed by atoms with E-state index in [0.717, 1.165) is 5.92 Å². The van der Waals surface area contributed by atoms with Gasteiger partial charge in [-0.05, 0) is 24.7 Å². The number of rotatable bonds is 3. The van der Waals surface area contributed by atoms with Crippen LogP contribution in [0.1, 0.15) is 94.9 Å². The molecule has 0 aromatic heterocycles. The first-order valence-electron chi connectivity index (χ1n) is 7.66. The van der Waals surface area contributed by atoms with E-state index in [1.54, 1.807) is 6.92 Å². The van der Waals surface area contributed by atoms with Crippen LogP contribution in [0.2, 0.25) is 0 Å². The van der Waals surface area contributed by atoms with Crippen LogP contribution in [0.3, 0.4) is 0 Å². The average Bonchev–Trinajstić information content (AvgIpc) is 2.31. The van der Waals surface area contributed by atoms with E-state index in [1.165, 1.54) is 25.7 Å². The number of hydrogen-bond acceptors (Lipinski definition) is 0. The highest BCUT2D eigenvalue weighted by Crippen LogP contribution is 2.19. The molecule has 18 heavy (non-hydrogen) atoms. The van der Waals surface area contributed by atoms with Crippen LogP contribution in [0, 0.1) is 23.7 Å². The molecule has 0 aliphatic heterocycles. The summed E-state index contributed by atoms with van der Waals surface area (Å²) in [5.74, 6) is 3.19. The molecule has 0 heteroatoms. The predicted octanol–water partition coefficient (Wildman–Crippen LogP) is 6.94. The van der Waals surface area contributed by atoms with Gasteiger partial charge in [0, 0.05) is 0 Å². The molecule has 0 bridgehead atoms. The quantitative estimate of drug-likeness (QED) is 0.480. The van der Waals surface area contributed by atoms with E-state index >= 15 is 0 Å². The van der Waals surface area contributed by atoms with Crippen LogP contribution in [0.4, 0.5) is 0 Å². The fourth-order valence-electron chi connectivity index (χ4n) is 1.04. The molecule has 0 rings (SSSR count). The zero-order chi connectivity index (χ0) is 15.6. The van der Waals surface area contributed by atoms with Crippen molar-refractivity contribution in [3.05, 3.63) is 0 Å². The van der Waals surface area contributed by atoms with Gasteiger partial charge in [0.25, 0.3) is 0 Å². The second-order valence-electron chi connectivity index (χ2n) is 5.52. The Kier molecular flexibility index (Phi) is 31.7. The van der Waals surface area contributed by atoms with Gasteiger partial charge < -0.3 is 0 Å². The van der Waals surface area contributed by atoms with Gasteiger partial charge in [-0.3, -0.25) is 0 Å². The molecule has 0 radical (unpaired) electrons. The van der Waals surface area contributed by atoms with Crippen molar-refractivity contribution < 1.29 is 0 Å². The third-order valence-corrected chi connectivity index (χ3v) is 2.39. The van der Waals surface area contributed by atoms with Crippen molar-refractivity contribution in [1.82, 2.24) is 0 Å². The molecule has 0 heterocycles. The van der Waals surface area contributed by atoms with Gasteiger partial charge >= 0.3 is 0 Å². The van der Waals surface area contributed by atoms with Crippen molar-refractivity contribution in [1.29, 1.82) is 0 Å². The summed E-state index contributed by atoms with van der Waals surface area (Å²) in [6, 6.07) is 0. The molecule has 0 nitrogen and oxygen atoms in total. The van der Waals surface area contributed by atoms with Crippen molar-refractivity contribution in [2.75, 3.05) is 0 Å². The van der Waals surface area contributed by atoms with E-state index in [0.29, 0.717) is 5.41 Å². The zero-order valence-electron chi connectivity index (χ0n) is 15.0. The molecule has 0 unspecified atom stereocenters. The van der Waals surface area contributed by atoms with Crippen molar-refractivity contribution in [3.8, 4) is 12.3 Å². The summed E-state index contributed by atoms with van der Waals surface area (Å²) in [5.41, 5.74) is 0.550. The molecule has 0 aromatic rings. The summed E-state index contributed by atoms with van der Waals surface area (Å²) in [4.78, 5) is 0. The lowest BCUT2D eigenvalue weighted by Gasteiger charge is -2.15. The first-order valence-corrected chi connectivity index (χ1v) is 7.66. The average molecular weight is 257 g/mol. The molecular formula is C18H40. The highest BCUT2D eigenvalue weighted by atomic mass is 14.1. The molecule has 0 aromatic carbocycles. The summed E-state index contributed by atoms with van der Waals surface area (Å²) in [5, 5.41) is 0. The molecular weight excluding hydrogens is 216 g/mol. The standard InChI is InChI=1S/C7H16.C6H14.C3H4.C2H6/c1-5-6-7(2,3)4;1-4-6(3)5-2;1-3-2;1-2/h5-6H2,1-4H3;6H,4-5H2,1-3H3;1H,2H3;1-2H3. The second-order valence-corrected chi connectivity index (χ2v) is 5.52. The van der Waals surface area contributed by atoms with Crippen LogP contribution in [0.25, 0.3) is 0 Å². The Morgan fingerprint density at radius 3 is 1.28 bits per heavy atom. The van der Waals surface area contributed by atoms with E-state index in [1.807, 2.05) is 13.8 Å². The summed E-state index contributed by atoms with van der Waals surface area (Å²) in [6.07, 6.45) is 9.91. The van der Waals surface area contributed by atoms with Gasteiger partial charge in [-0.1, -0.05) is 81.6 Å². The van der Waals surface area contributed by atoms with E-state index in [4.69, 9.17) is 0 Å². The second kappa shape index (κ2) is 21.8. The lowest BCUT2D eigenvalue weighted by molar-refractivity contribution is 0.373. The Balaban J connectivity index is -0.0000000811. The smallest absolute Gasteiger partial charge is 0.00297 e. The van der Waals surface area contributed by atoms with E-state index in [2.05, 4.69) is 60.8 Å². The van der Waals surface area contributed by atoms with Gasteiger partial charge in [0.15, 0.2) is 0 Å². The Morgan fingerprint density at radius 1 is 1.00 bits per heavy atom. The van der Waals surface area contributed by atoms with Crippen LogP contribution in [-0.4, -0.2) is 0 Å². The van der Waals surface area contributed by atoms with Crippen LogP contribution in [0.5, 0.6) is 0 Å². The lowest BCUT2D eigenvalue weighted by atomic mass is 9.91. The topological polar surface area (TPSA) is 0 Å². The highest BCUT2D eigenvalue weighted by molar-refractivity contribution is 4.73. The predicted molar refractivity (Wildman–Crippen MR) is 90.0 cm³/mol. The molecule has 0 saturated heterocycles. The third-order valence-electron chi connectivity index (χ3n) is 2.39. The van der Waals surface area contributed by atoms with E-state index in [9.17, 15) is 0 Å². The summed E-state index contributed by atoms with van der Waals surface area (Å²) in [7, 11) is 0. The monoisotopic (exact) mass is 256 g/mol. The van der Waals surface area contributed by atoms with Gasteiger partial charge in [-0.2, -0.15) is 0 Å². The molecule has 112 valence electrons. The first kappa shape index (κ1) is 26.2. The zero-order valence-corrected chi connectivity index (χ0v) is 15.0. The number of terminal acetylenes is 1. The summed E-state index contributed by atoms with van der Waals surface area (Å²) in [6.45, 7) is 21.4. The van der Waals surface area contributed by atoms with Gasteiger partial charge in [-0.25, -0.2) is 0 Å². The number of hydrogen-bond donors (Lipinski definition) is 0. The molecule has 0 aliphatic carbocycles. The SMILES string of the molecule is C#CC.CC.CCC(C)CC.CCCC(C)(C)C. The highest BCUT2D eigenvalue weighted by Gasteiger charge is 2.06. The first-order chi connectivity index (χ1) is 8.28. The van der Waals surface area contributed by atoms with Gasteiger partial charge in [-0.15, -0.1) is 12.3 Å². The van der Waals surface area contributed by atoms with Gasteiger partial charge in [0.1, 0.15) is 0 Å². The Hall–Kier alpha value is -0.440. The lowest BCUT2D eigenvalue weighted by Crippen LogP contribution is -2.02. The van der Waals surface area contributed by atoms with Gasteiger partial charge in [0.2, 0.25) is 0 Å². The fourth-order valence-corrected chi connectivity index (χ4v) is 1.04. The van der Waals surface area contributed by atoms with Gasteiger partial charge in [0.05, 0.1) is 0 Å². The van der Waals surface area contributed by atoms with Crippen molar-refractivity contribution >= 4 is 0 Å². The Labute approximate surface area is 119 Å². The van der Waals surface area contributed by atoms with Crippen LogP contribution >= 0.6 is 0 Å². The fraction of sp³-hybridized carbons (Fsp3) is 0.889. The molecule has 0 atom stereocenters. The molecule has 0 spiro atoms. The molecule has 0 N–H and O–H groups in total. The van der Waals surface area contributed by atoms with Crippen molar-refractivity contribution in [2.24, 2.45) is 11.3 Å². The molecule has 0 fully saturated rings. The summed E-state index contributed by atoms with van der Waals surface area (Å²) < 4.78 is 0.